The summed E-state index contributed by atoms with van der Waals surface area (Å²) in [6.45, 7) is 1.83. The number of ether oxygens (including phenoxy) is 2. The highest BCUT2D eigenvalue weighted by Gasteiger charge is 2.18. The van der Waals surface area contributed by atoms with E-state index in [0.29, 0.717) is 28.6 Å². The SMILES string of the molecule is COc1cc(N)c(C(=O)NC(C)c2ncc[nH]2)cc1OC. The fourth-order valence-electron chi connectivity index (χ4n) is 1.95. The van der Waals surface area contributed by atoms with Crippen LogP contribution in [0.25, 0.3) is 0 Å². The van der Waals surface area contributed by atoms with Crippen LogP contribution in [-0.4, -0.2) is 30.1 Å². The van der Waals surface area contributed by atoms with Gasteiger partial charge in [-0.05, 0) is 13.0 Å². The quantitative estimate of drug-likeness (QED) is 0.724. The molecular weight excluding hydrogens is 272 g/mol. The molecule has 2 rings (SSSR count). The number of imidazole rings is 1. The lowest BCUT2D eigenvalue weighted by Crippen LogP contribution is -2.28. The average molecular weight is 290 g/mol. The second-order valence-corrected chi connectivity index (χ2v) is 4.46. The lowest BCUT2D eigenvalue weighted by Gasteiger charge is -2.15. The van der Waals surface area contributed by atoms with E-state index in [4.69, 9.17) is 15.2 Å². The van der Waals surface area contributed by atoms with Gasteiger partial charge in [0.1, 0.15) is 5.82 Å². The van der Waals surface area contributed by atoms with Crippen molar-refractivity contribution in [2.45, 2.75) is 13.0 Å². The summed E-state index contributed by atoms with van der Waals surface area (Å²) in [4.78, 5) is 19.4. The molecule has 1 amide bonds. The number of aromatic amines is 1. The van der Waals surface area contributed by atoms with E-state index in [0.717, 1.165) is 0 Å². The van der Waals surface area contributed by atoms with E-state index in [-0.39, 0.29) is 11.9 Å². The van der Waals surface area contributed by atoms with Crippen LogP contribution in [0.5, 0.6) is 11.5 Å². The monoisotopic (exact) mass is 290 g/mol. The van der Waals surface area contributed by atoms with E-state index in [1.165, 1.54) is 14.2 Å². The first-order valence-corrected chi connectivity index (χ1v) is 6.38. The molecule has 7 heteroatoms. The highest BCUT2D eigenvalue weighted by atomic mass is 16.5. The Balaban J connectivity index is 2.23. The van der Waals surface area contributed by atoms with Gasteiger partial charge in [-0.3, -0.25) is 4.79 Å². The van der Waals surface area contributed by atoms with Crippen LogP contribution in [0.4, 0.5) is 5.69 Å². The third-order valence-corrected chi connectivity index (χ3v) is 3.08. The number of nitrogen functional groups attached to an aromatic ring is 1. The summed E-state index contributed by atoms with van der Waals surface area (Å²) in [6.07, 6.45) is 3.32. The maximum atomic E-state index is 12.3. The lowest BCUT2D eigenvalue weighted by molar-refractivity contribution is 0.0939. The Labute approximate surface area is 122 Å². The van der Waals surface area contributed by atoms with Gasteiger partial charge in [-0.15, -0.1) is 0 Å². The summed E-state index contributed by atoms with van der Waals surface area (Å²) < 4.78 is 10.3. The number of nitrogens with one attached hydrogen (secondary N) is 2. The van der Waals surface area contributed by atoms with Crippen molar-refractivity contribution in [2.75, 3.05) is 20.0 Å². The molecule has 0 bridgehead atoms. The van der Waals surface area contributed by atoms with E-state index in [1.54, 1.807) is 24.5 Å². The molecule has 4 N–H and O–H groups in total. The van der Waals surface area contributed by atoms with Crippen molar-refractivity contribution in [1.29, 1.82) is 0 Å². The molecule has 7 nitrogen and oxygen atoms in total. The normalized spacial score (nSPS) is 11.8. The second-order valence-electron chi connectivity index (χ2n) is 4.46. The Bertz CT molecular complexity index is 625. The molecule has 0 aliphatic carbocycles. The molecule has 0 radical (unpaired) electrons. The molecule has 1 unspecified atom stereocenters. The Morgan fingerprint density at radius 2 is 2.00 bits per heavy atom. The summed E-state index contributed by atoms with van der Waals surface area (Å²) in [5.41, 5.74) is 6.54. The zero-order chi connectivity index (χ0) is 15.4. The standard InChI is InChI=1S/C14H18N4O3/c1-8(13-16-4-5-17-13)18-14(19)9-6-11(20-2)12(21-3)7-10(9)15/h4-8H,15H2,1-3H3,(H,16,17)(H,18,19). The summed E-state index contributed by atoms with van der Waals surface area (Å²) in [5.74, 6) is 1.29. The van der Waals surface area contributed by atoms with E-state index < -0.39 is 0 Å². The smallest absolute Gasteiger partial charge is 0.254 e. The van der Waals surface area contributed by atoms with E-state index >= 15 is 0 Å². The van der Waals surface area contributed by atoms with Gasteiger partial charge in [0, 0.05) is 24.1 Å². The van der Waals surface area contributed by atoms with Crippen molar-refractivity contribution in [3.05, 3.63) is 35.9 Å². The Morgan fingerprint density at radius 1 is 1.33 bits per heavy atom. The van der Waals surface area contributed by atoms with Gasteiger partial charge in [0.15, 0.2) is 11.5 Å². The van der Waals surface area contributed by atoms with E-state index in [1.807, 2.05) is 6.92 Å². The van der Waals surface area contributed by atoms with Gasteiger partial charge >= 0.3 is 0 Å². The fourth-order valence-corrected chi connectivity index (χ4v) is 1.95. The third kappa shape index (κ3) is 3.07. The first kappa shape index (κ1) is 14.7. The highest BCUT2D eigenvalue weighted by molar-refractivity contribution is 6.00. The van der Waals surface area contributed by atoms with Crippen LogP contribution in [0.1, 0.15) is 29.1 Å². The Morgan fingerprint density at radius 3 is 2.57 bits per heavy atom. The van der Waals surface area contributed by atoms with Crippen LogP contribution in [0.2, 0.25) is 0 Å². The molecule has 0 fully saturated rings. The molecule has 2 aromatic rings. The van der Waals surface area contributed by atoms with E-state index in [2.05, 4.69) is 15.3 Å². The number of anilines is 1. The largest absolute Gasteiger partial charge is 0.493 e. The number of hydrogen-bond donors (Lipinski definition) is 3. The van der Waals surface area contributed by atoms with Crippen LogP contribution < -0.4 is 20.5 Å². The number of nitrogens with zero attached hydrogens (tertiary/aromatic N) is 1. The Kier molecular flexibility index (Phi) is 4.32. The topological polar surface area (TPSA) is 102 Å². The molecule has 0 saturated carbocycles. The minimum Gasteiger partial charge on any atom is -0.493 e. The average Bonchev–Trinajstić information content (AvgIpc) is 3.00. The molecule has 0 aliphatic heterocycles. The maximum absolute atomic E-state index is 12.3. The maximum Gasteiger partial charge on any atom is 0.254 e. The van der Waals surface area contributed by atoms with Gasteiger partial charge in [0.05, 0.1) is 25.8 Å². The van der Waals surface area contributed by atoms with Crippen LogP contribution in [0.3, 0.4) is 0 Å². The Hall–Kier alpha value is -2.70. The minimum absolute atomic E-state index is 0.264. The number of nitrogens with two attached hydrogens (primary N) is 1. The van der Waals surface area contributed by atoms with Gasteiger partial charge in [-0.1, -0.05) is 0 Å². The lowest BCUT2D eigenvalue weighted by atomic mass is 10.1. The van der Waals surface area contributed by atoms with Gasteiger partial charge in [0.25, 0.3) is 5.91 Å². The number of amides is 1. The van der Waals surface area contributed by atoms with Crippen LogP contribution in [-0.2, 0) is 0 Å². The number of H-pyrrole nitrogens is 1. The number of carbonyl (C=O) groups is 1. The molecule has 1 aromatic carbocycles. The van der Waals surface area contributed by atoms with Crippen molar-refractivity contribution in [1.82, 2.24) is 15.3 Å². The van der Waals surface area contributed by atoms with Crippen LogP contribution >= 0.6 is 0 Å². The molecular formula is C14H18N4O3. The van der Waals surface area contributed by atoms with Gasteiger partial charge < -0.3 is 25.5 Å². The van der Waals surface area contributed by atoms with Crippen molar-refractivity contribution in [3.63, 3.8) is 0 Å². The third-order valence-electron chi connectivity index (χ3n) is 3.08. The molecule has 0 spiro atoms. The predicted molar refractivity (Wildman–Crippen MR) is 78.4 cm³/mol. The van der Waals surface area contributed by atoms with Crippen molar-refractivity contribution in [3.8, 4) is 11.5 Å². The van der Waals surface area contributed by atoms with Gasteiger partial charge in [0.2, 0.25) is 0 Å². The number of benzene rings is 1. The van der Waals surface area contributed by atoms with Crippen molar-refractivity contribution >= 4 is 11.6 Å². The molecule has 0 saturated heterocycles. The molecule has 112 valence electrons. The van der Waals surface area contributed by atoms with E-state index in [9.17, 15) is 4.79 Å². The van der Waals surface area contributed by atoms with Crippen LogP contribution in [0, 0.1) is 0 Å². The molecule has 0 aliphatic rings. The predicted octanol–water partition coefficient (Wildman–Crippen LogP) is 1.50. The van der Waals surface area contributed by atoms with Crippen molar-refractivity contribution in [2.24, 2.45) is 0 Å². The summed E-state index contributed by atoms with van der Waals surface area (Å²) >= 11 is 0. The number of rotatable bonds is 5. The van der Waals surface area contributed by atoms with Gasteiger partial charge in [-0.2, -0.15) is 0 Å². The summed E-state index contributed by atoms with van der Waals surface area (Å²) in [5, 5.41) is 2.82. The number of aromatic nitrogens is 2. The first-order chi connectivity index (χ1) is 10.1. The zero-order valence-corrected chi connectivity index (χ0v) is 12.1. The van der Waals surface area contributed by atoms with Crippen LogP contribution in [0.15, 0.2) is 24.5 Å². The zero-order valence-electron chi connectivity index (χ0n) is 12.1. The second kappa shape index (κ2) is 6.17. The number of methoxy groups -OCH3 is 2. The minimum atomic E-state index is -0.308. The highest BCUT2D eigenvalue weighted by Crippen LogP contribution is 2.32. The first-order valence-electron chi connectivity index (χ1n) is 6.38. The fraction of sp³-hybridized carbons (Fsp3) is 0.286. The summed E-state index contributed by atoms with van der Waals surface area (Å²) in [6, 6.07) is 2.85. The summed E-state index contributed by atoms with van der Waals surface area (Å²) in [7, 11) is 3.01. The van der Waals surface area contributed by atoms with Gasteiger partial charge in [-0.25, -0.2) is 4.98 Å². The number of hydrogen-bond acceptors (Lipinski definition) is 5. The molecule has 1 heterocycles. The molecule has 1 aromatic heterocycles. The molecule has 21 heavy (non-hydrogen) atoms. The van der Waals surface area contributed by atoms with Crippen molar-refractivity contribution < 1.29 is 14.3 Å². The number of carbonyl (C=O) groups excluding carboxylic acids is 1. The molecule has 1 atom stereocenters.